The number of hydrogen-bond donors (Lipinski definition) is 0. The molecule has 0 aliphatic rings. The number of Topliss-reactive ketones (excluding diaryl/α,β-unsaturated/α-hetero) is 1. The summed E-state index contributed by atoms with van der Waals surface area (Å²) < 4.78 is 1.81. The zero-order valence-electron chi connectivity index (χ0n) is 13.7. The Hall–Kier alpha value is -2.16. The van der Waals surface area contributed by atoms with E-state index in [0.717, 1.165) is 11.3 Å². The third-order valence-electron chi connectivity index (χ3n) is 3.53. The van der Waals surface area contributed by atoms with Crippen molar-refractivity contribution in [1.29, 1.82) is 0 Å². The van der Waals surface area contributed by atoms with Crippen LogP contribution in [0.15, 0.2) is 30.3 Å². The van der Waals surface area contributed by atoms with E-state index in [2.05, 4.69) is 0 Å². The first-order chi connectivity index (χ1) is 9.95. The number of rotatable bonds is 3. The molecule has 1 aromatic heterocycles. The van der Waals surface area contributed by atoms with Crippen molar-refractivity contribution in [3.05, 3.63) is 58.4 Å². The molecule has 2 aromatic rings. The van der Waals surface area contributed by atoms with Gasteiger partial charge in [0.25, 0.3) is 0 Å². The monoisotopic (exact) mass is 285 g/mol. The molecule has 112 valence electrons. The lowest BCUT2D eigenvalue weighted by Crippen LogP contribution is -2.09. The number of ketones is 2. The molecule has 21 heavy (non-hydrogen) atoms. The van der Waals surface area contributed by atoms with Crippen molar-refractivity contribution in [2.24, 2.45) is 7.05 Å². The Labute approximate surface area is 126 Å². The van der Waals surface area contributed by atoms with Crippen molar-refractivity contribution in [2.45, 2.75) is 34.6 Å². The maximum absolute atomic E-state index is 12.5. The van der Waals surface area contributed by atoms with Gasteiger partial charge in [-0.1, -0.05) is 44.2 Å². The van der Waals surface area contributed by atoms with Crippen molar-refractivity contribution >= 4 is 11.6 Å². The van der Waals surface area contributed by atoms with Crippen LogP contribution in [0.2, 0.25) is 0 Å². The minimum absolute atomic E-state index is 0.00212. The van der Waals surface area contributed by atoms with Gasteiger partial charge in [0, 0.05) is 23.9 Å². The summed E-state index contributed by atoms with van der Waals surface area (Å²) in [5.41, 5.74) is 3.49. The molecule has 0 N–H and O–H groups in total. The van der Waals surface area contributed by atoms with Gasteiger partial charge in [0.2, 0.25) is 5.78 Å². The van der Waals surface area contributed by atoms with E-state index in [1.54, 1.807) is 16.7 Å². The van der Waals surface area contributed by atoms with Gasteiger partial charge in [0.1, 0.15) is 0 Å². The van der Waals surface area contributed by atoms with E-state index in [-0.39, 0.29) is 11.6 Å². The van der Waals surface area contributed by atoms with Crippen molar-refractivity contribution in [3.8, 4) is 0 Å². The average Bonchev–Trinajstić information content (AvgIpc) is 2.71. The number of hydrogen-bond acceptors (Lipinski definition) is 2. The predicted molar refractivity (Wildman–Crippen MR) is 86.1 cm³/mol. The Morgan fingerprint density at radius 1 is 1.00 bits per heavy atom. The van der Waals surface area contributed by atoms with Crippen LogP contribution < -0.4 is 0 Å². The van der Waals surface area contributed by atoms with Crippen LogP contribution >= 0.6 is 0 Å². The van der Waals surface area contributed by atoms with Crippen molar-refractivity contribution in [2.75, 3.05) is 0 Å². The van der Waals surface area contributed by atoms with Gasteiger partial charge in [-0.3, -0.25) is 9.59 Å². The van der Waals surface area contributed by atoms with E-state index in [1.165, 1.54) is 6.92 Å². The van der Waals surface area contributed by atoms with Crippen LogP contribution in [0.5, 0.6) is 0 Å². The molecule has 0 aliphatic heterocycles. The van der Waals surface area contributed by atoms with Gasteiger partial charge in [-0.2, -0.15) is 0 Å². The lowest BCUT2D eigenvalue weighted by atomic mass is 10.0. The van der Waals surface area contributed by atoms with Crippen LogP contribution in [0.25, 0.3) is 0 Å². The van der Waals surface area contributed by atoms with E-state index in [1.807, 2.05) is 52.9 Å². The highest BCUT2D eigenvalue weighted by atomic mass is 16.1. The van der Waals surface area contributed by atoms with Gasteiger partial charge in [-0.25, -0.2) is 0 Å². The molecule has 0 radical (unpaired) electrons. The molecule has 0 fully saturated rings. The van der Waals surface area contributed by atoms with E-state index in [9.17, 15) is 9.59 Å². The molecule has 3 nitrogen and oxygen atoms in total. The smallest absolute Gasteiger partial charge is 0.209 e. The Kier molecular flexibility index (Phi) is 5.65. The fourth-order valence-electron chi connectivity index (χ4n) is 2.54. The first-order valence-corrected chi connectivity index (χ1v) is 7.21. The second kappa shape index (κ2) is 7.02. The molecule has 0 unspecified atom stereocenters. The molecular formula is C18H23NO2. The van der Waals surface area contributed by atoms with Gasteiger partial charge in [-0.05, 0) is 26.3 Å². The summed E-state index contributed by atoms with van der Waals surface area (Å²) in [6.45, 7) is 9.23. The standard InChI is InChI=1S/C16H17NO2.C2H6/c1-10-14(12(3)18)11(2)17(4)15(10)16(19)13-8-6-5-7-9-13;1-2/h5-9H,1-4H3;1-2H3. The van der Waals surface area contributed by atoms with E-state index in [4.69, 9.17) is 0 Å². The van der Waals surface area contributed by atoms with Crippen molar-refractivity contribution in [1.82, 2.24) is 4.57 Å². The van der Waals surface area contributed by atoms with Crippen molar-refractivity contribution in [3.63, 3.8) is 0 Å². The molecule has 0 spiro atoms. The molecule has 0 saturated heterocycles. The molecule has 2 rings (SSSR count). The molecule has 3 heteroatoms. The van der Waals surface area contributed by atoms with Crippen LogP contribution in [0, 0.1) is 13.8 Å². The van der Waals surface area contributed by atoms with Crippen LogP contribution in [-0.4, -0.2) is 16.1 Å². The number of carbonyl (C=O) groups excluding carboxylic acids is 2. The maximum atomic E-state index is 12.5. The van der Waals surface area contributed by atoms with Gasteiger partial charge < -0.3 is 4.57 Å². The first kappa shape index (κ1) is 16.9. The normalized spacial score (nSPS) is 9.81. The zero-order chi connectivity index (χ0) is 16.2. The molecular weight excluding hydrogens is 262 g/mol. The van der Waals surface area contributed by atoms with Gasteiger partial charge in [0.05, 0.1) is 5.69 Å². The summed E-state index contributed by atoms with van der Waals surface area (Å²) in [6.07, 6.45) is 0. The highest BCUT2D eigenvalue weighted by Crippen LogP contribution is 2.23. The number of carbonyl (C=O) groups is 2. The van der Waals surface area contributed by atoms with Crippen LogP contribution in [0.3, 0.4) is 0 Å². The molecule has 1 heterocycles. The quantitative estimate of drug-likeness (QED) is 0.796. The van der Waals surface area contributed by atoms with Gasteiger partial charge in [-0.15, -0.1) is 0 Å². The fraction of sp³-hybridized carbons (Fsp3) is 0.333. The first-order valence-electron chi connectivity index (χ1n) is 7.21. The summed E-state index contributed by atoms with van der Waals surface area (Å²) in [7, 11) is 1.82. The number of nitrogens with zero attached hydrogens (tertiary/aromatic N) is 1. The molecule has 0 aliphatic carbocycles. The number of benzene rings is 1. The Balaban J connectivity index is 0.00000106. The highest BCUT2D eigenvalue weighted by Gasteiger charge is 2.23. The summed E-state index contributed by atoms with van der Waals surface area (Å²) >= 11 is 0. The largest absolute Gasteiger partial charge is 0.344 e. The number of aromatic nitrogens is 1. The highest BCUT2D eigenvalue weighted by molar-refractivity contribution is 6.11. The van der Waals surface area contributed by atoms with Gasteiger partial charge >= 0.3 is 0 Å². The third-order valence-corrected chi connectivity index (χ3v) is 3.53. The average molecular weight is 285 g/mol. The molecule has 0 amide bonds. The van der Waals surface area contributed by atoms with E-state index in [0.29, 0.717) is 16.8 Å². The molecule has 0 atom stereocenters. The molecule has 1 aromatic carbocycles. The van der Waals surface area contributed by atoms with Crippen LogP contribution in [0.1, 0.15) is 58.4 Å². The molecule has 0 saturated carbocycles. The maximum Gasteiger partial charge on any atom is 0.209 e. The predicted octanol–water partition coefficient (Wildman–Crippen LogP) is 4.10. The Morgan fingerprint density at radius 2 is 1.52 bits per heavy atom. The minimum atomic E-state index is -0.0452. The summed E-state index contributed by atoms with van der Waals surface area (Å²) in [5, 5.41) is 0. The summed E-state index contributed by atoms with van der Waals surface area (Å²) in [4.78, 5) is 24.2. The summed E-state index contributed by atoms with van der Waals surface area (Å²) in [6, 6.07) is 9.13. The second-order valence-electron chi connectivity index (χ2n) is 4.74. The fourth-order valence-corrected chi connectivity index (χ4v) is 2.54. The van der Waals surface area contributed by atoms with E-state index >= 15 is 0 Å². The van der Waals surface area contributed by atoms with Gasteiger partial charge in [0.15, 0.2) is 5.78 Å². The Morgan fingerprint density at radius 3 is 1.95 bits per heavy atom. The van der Waals surface area contributed by atoms with Crippen LogP contribution in [0.4, 0.5) is 0 Å². The lowest BCUT2D eigenvalue weighted by molar-refractivity contribution is 0.101. The Bertz CT molecular complexity index is 652. The zero-order valence-corrected chi connectivity index (χ0v) is 13.7. The van der Waals surface area contributed by atoms with Crippen LogP contribution in [-0.2, 0) is 7.05 Å². The SMILES string of the molecule is CC.CC(=O)c1c(C)c(C(=O)c2ccccc2)n(C)c1C. The second-order valence-corrected chi connectivity index (χ2v) is 4.74. The lowest BCUT2D eigenvalue weighted by Gasteiger charge is -2.05. The summed E-state index contributed by atoms with van der Waals surface area (Å²) in [5.74, 6) is -0.0473. The topological polar surface area (TPSA) is 39.1 Å². The molecule has 0 bridgehead atoms. The third kappa shape index (κ3) is 3.13. The van der Waals surface area contributed by atoms with Crippen molar-refractivity contribution < 1.29 is 9.59 Å². The minimum Gasteiger partial charge on any atom is -0.344 e. The van der Waals surface area contributed by atoms with E-state index < -0.39 is 0 Å².